The quantitative estimate of drug-likeness (QED) is 0.579. The summed E-state index contributed by atoms with van der Waals surface area (Å²) in [6, 6.07) is -0.293. The van der Waals surface area contributed by atoms with Gasteiger partial charge in [-0.2, -0.15) is 0 Å². The van der Waals surface area contributed by atoms with Crippen LogP contribution in [-0.2, 0) is 9.53 Å². The van der Waals surface area contributed by atoms with Gasteiger partial charge in [0.05, 0.1) is 19.8 Å². The first-order valence-electron chi connectivity index (χ1n) is 7.66. The van der Waals surface area contributed by atoms with E-state index in [2.05, 4.69) is 34.7 Å². The lowest BCUT2D eigenvalue weighted by atomic mass is 10.1. The lowest BCUT2D eigenvalue weighted by molar-refractivity contribution is -0.120. The van der Waals surface area contributed by atoms with Gasteiger partial charge in [0.2, 0.25) is 5.91 Å². The van der Waals surface area contributed by atoms with Crippen molar-refractivity contribution in [3.63, 3.8) is 0 Å². The van der Waals surface area contributed by atoms with Gasteiger partial charge in [0.25, 0.3) is 0 Å². The summed E-state index contributed by atoms with van der Waals surface area (Å²) in [5.74, 6) is 0.385. The highest BCUT2D eigenvalue weighted by Gasteiger charge is 2.10. The third kappa shape index (κ3) is 9.25. The fourth-order valence-corrected chi connectivity index (χ4v) is 1.94. The molecule has 1 fully saturated rings. The number of hydrogen-bond acceptors (Lipinski definition) is 4. The molecule has 0 aromatic carbocycles. The number of rotatable bonds is 8. The molecule has 7 heteroatoms. The average Bonchev–Trinajstić information content (AvgIpc) is 2.46. The number of amides is 3. The van der Waals surface area contributed by atoms with Crippen molar-refractivity contribution in [1.82, 2.24) is 20.9 Å². The van der Waals surface area contributed by atoms with Crippen molar-refractivity contribution in [3.05, 3.63) is 0 Å². The Balaban J connectivity index is 1.98. The first kappa shape index (κ1) is 17.7. The van der Waals surface area contributed by atoms with Crippen LogP contribution in [0.5, 0.6) is 0 Å². The number of carbonyl (C=O) groups excluding carboxylic acids is 2. The minimum Gasteiger partial charge on any atom is -0.379 e. The summed E-state index contributed by atoms with van der Waals surface area (Å²) in [4.78, 5) is 25.2. The topological polar surface area (TPSA) is 82.7 Å². The zero-order chi connectivity index (χ0) is 15.5. The van der Waals surface area contributed by atoms with Crippen molar-refractivity contribution in [2.75, 3.05) is 52.5 Å². The molecule has 0 unspecified atom stereocenters. The van der Waals surface area contributed by atoms with Crippen molar-refractivity contribution in [1.29, 1.82) is 0 Å². The molecule has 1 aliphatic heterocycles. The van der Waals surface area contributed by atoms with Gasteiger partial charge in [0.1, 0.15) is 0 Å². The number of morpholine rings is 1. The molecule has 3 N–H and O–H groups in total. The molecule has 0 saturated carbocycles. The molecule has 7 nitrogen and oxygen atoms in total. The molecule has 0 aromatic heterocycles. The van der Waals surface area contributed by atoms with Gasteiger partial charge in [-0.25, -0.2) is 4.79 Å². The molecule has 0 aliphatic carbocycles. The van der Waals surface area contributed by atoms with Crippen LogP contribution in [0.4, 0.5) is 4.79 Å². The second kappa shape index (κ2) is 10.4. The highest BCUT2D eigenvalue weighted by Crippen LogP contribution is 1.96. The molecule has 21 heavy (non-hydrogen) atoms. The number of ether oxygens (including phenoxy) is 1. The van der Waals surface area contributed by atoms with Crippen LogP contribution in [0.3, 0.4) is 0 Å². The van der Waals surface area contributed by atoms with Gasteiger partial charge in [-0.05, 0) is 12.3 Å². The number of hydrogen-bond donors (Lipinski definition) is 3. The SMILES string of the molecule is CC(C)CCNC(=O)NCC(=O)NCCN1CCOCC1. The molecular weight excluding hydrogens is 272 g/mol. The lowest BCUT2D eigenvalue weighted by Crippen LogP contribution is -2.45. The molecular formula is C14H28N4O3. The first-order chi connectivity index (χ1) is 10.1. The van der Waals surface area contributed by atoms with Crippen molar-refractivity contribution in [3.8, 4) is 0 Å². The monoisotopic (exact) mass is 300 g/mol. The highest BCUT2D eigenvalue weighted by atomic mass is 16.5. The molecule has 0 bridgehead atoms. The molecule has 0 radical (unpaired) electrons. The number of nitrogens with zero attached hydrogens (tertiary/aromatic N) is 1. The summed E-state index contributed by atoms with van der Waals surface area (Å²) in [6.45, 7) is 9.57. The molecule has 122 valence electrons. The number of carbonyl (C=O) groups is 2. The zero-order valence-corrected chi connectivity index (χ0v) is 13.1. The molecule has 1 rings (SSSR count). The van der Waals surface area contributed by atoms with Gasteiger partial charge >= 0.3 is 6.03 Å². The first-order valence-corrected chi connectivity index (χ1v) is 7.66. The van der Waals surface area contributed by atoms with Crippen molar-refractivity contribution in [2.45, 2.75) is 20.3 Å². The summed E-state index contributed by atoms with van der Waals surface area (Å²) in [6.07, 6.45) is 0.930. The van der Waals surface area contributed by atoms with Gasteiger partial charge in [0, 0.05) is 32.7 Å². The van der Waals surface area contributed by atoms with Gasteiger partial charge < -0.3 is 20.7 Å². The number of nitrogens with one attached hydrogen (secondary N) is 3. The smallest absolute Gasteiger partial charge is 0.315 e. The molecule has 3 amide bonds. The second-order valence-electron chi connectivity index (χ2n) is 5.60. The van der Waals surface area contributed by atoms with E-state index in [-0.39, 0.29) is 18.5 Å². The van der Waals surface area contributed by atoms with Crippen molar-refractivity contribution < 1.29 is 14.3 Å². The minimum atomic E-state index is -0.293. The Bertz CT molecular complexity index is 317. The van der Waals surface area contributed by atoms with E-state index in [1.807, 2.05) is 0 Å². The minimum absolute atomic E-state index is 0.0105. The molecule has 1 saturated heterocycles. The Morgan fingerprint density at radius 2 is 1.81 bits per heavy atom. The maximum absolute atomic E-state index is 11.6. The summed E-state index contributed by atoms with van der Waals surface area (Å²) >= 11 is 0. The van der Waals surface area contributed by atoms with Crippen LogP contribution in [0.2, 0.25) is 0 Å². The number of urea groups is 1. The standard InChI is InChI=1S/C14H28N4O3/c1-12(2)3-4-16-14(20)17-11-13(19)15-5-6-18-7-9-21-10-8-18/h12H,3-11H2,1-2H3,(H,15,19)(H2,16,17,20). The Hall–Kier alpha value is -1.34. The van der Waals surface area contributed by atoms with Crippen LogP contribution in [-0.4, -0.2) is 69.3 Å². The molecule has 0 atom stereocenters. The van der Waals surface area contributed by atoms with E-state index in [0.717, 1.165) is 39.3 Å². The predicted molar refractivity (Wildman–Crippen MR) is 81.1 cm³/mol. The summed E-state index contributed by atoms with van der Waals surface area (Å²) < 4.78 is 5.26. The summed E-state index contributed by atoms with van der Waals surface area (Å²) in [5, 5.41) is 8.07. The van der Waals surface area contributed by atoms with Crippen LogP contribution in [0.15, 0.2) is 0 Å². The van der Waals surface area contributed by atoms with E-state index in [1.165, 1.54) is 0 Å². The summed E-state index contributed by atoms with van der Waals surface area (Å²) in [7, 11) is 0. The van der Waals surface area contributed by atoms with Gasteiger partial charge in [0.15, 0.2) is 0 Å². The van der Waals surface area contributed by atoms with Gasteiger partial charge in [-0.15, -0.1) is 0 Å². The van der Waals surface area contributed by atoms with Crippen LogP contribution >= 0.6 is 0 Å². The molecule has 1 aliphatic rings. The van der Waals surface area contributed by atoms with Crippen molar-refractivity contribution in [2.24, 2.45) is 5.92 Å². The Kier molecular flexibility index (Phi) is 8.77. The Labute approximate surface area is 126 Å². The van der Waals surface area contributed by atoms with Crippen LogP contribution in [0, 0.1) is 5.92 Å². The Morgan fingerprint density at radius 1 is 1.10 bits per heavy atom. The third-order valence-electron chi connectivity index (χ3n) is 3.27. The predicted octanol–water partition coefficient (Wildman–Crippen LogP) is -0.220. The van der Waals surface area contributed by atoms with Crippen LogP contribution < -0.4 is 16.0 Å². The maximum atomic E-state index is 11.6. The third-order valence-corrected chi connectivity index (χ3v) is 3.27. The van der Waals surface area contributed by atoms with Crippen LogP contribution in [0.25, 0.3) is 0 Å². The molecule has 1 heterocycles. The summed E-state index contributed by atoms with van der Waals surface area (Å²) in [5.41, 5.74) is 0. The average molecular weight is 300 g/mol. The van der Waals surface area contributed by atoms with Crippen molar-refractivity contribution >= 4 is 11.9 Å². The Morgan fingerprint density at radius 3 is 2.48 bits per heavy atom. The highest BCUT2D eigenvalue weighted by molar-refractivity contribution is 5.83. The fraction of sp³-hybridized carbons (Fsp3) is 0.857. The molecule has 0 spiro atoms. The van der Waals surface area contributed by atoms with E-state index >= 15 is 0 Å². The van der Waals surface area contributed by atoms with E-state index < -0.39 is 0 Å². The van der Waals surface area contributed by atoms with E-state index in [0.29, 0.717) is 19.0 Å². The second-order valence-corrected chi connectivity index (χ2v) is 5.60. The lowest BCUT2D eigenvalue weighted by Gasteiger charge is -2.26. The zero-order valence-electron chi connectivity index (χ0n) is 13.1. The van der Waals surface area contributed by atoms with Gasteiger partial charge in [-0.1, -0.05) is 13.8 Å². The maximum Gasteiger partial charge on any atom is 0.315 e. The van der Waals surface area contributed by atoms with Gasteiger partial charge in [-0.3, -0.25) is 9.69 Å². The van der Waals surface area contributed by atoms with Crippen LogP contribution in [0.1, 0.15) is 20.3 Å². The largest absolute Gasteiger partial charge is 0.379 e. The van der Waals surface area contributed by atoms with E-state index in [4.69, 9.17) is 4.74 Å². The normalized spacial score (nSPS) is 15.8. The fourth-order valence-electron chi connectivity index (χ4n) is 1.94. The van der Waals surface area contributed by atoms with E-state index in [1.54, 1.807) is 0 Å². The van der Waals surface area contributed by atoms with E-state index in [9.17, 15) is 9.59 Å². The molecule has 0 aromatic rings.